The molecule has 1 aromatic carbocycles. The number of hydrogen-bond donors (Lipinski definition) is 2. The van der Waals surface area contributed by atoms with Crippen LogP contribution in [0.1, 0.15) is 23.6 Å². The van der Waals surface area contributed by atoms with Crippen LogP contribution in [0.25, 0.3) is 0 Å². The molecule has 1 saturated heterocycles. The number of rotatable bonds is 5. The van der Waals surface area contributed by atoms with Crippen molar-refractivity contribution in [2.24, 2.45) is 5.73 Å². The largest absolute Gasteiger partial charge is 0.496 e. The Morgan fingerprint density at radius 2 is 2.11 bits per heavy atom. The van der Waals surface area contributed by atoms with Gasteiger partial charge in [-0.15, -0.1) is 0 Å². The summed E-state index contributed by atoms with van der Waals surface area (Å²) < 4.78 is 5.28. The highest BCUT2D eigenvalue weighted by Crippen LogP contribution is 2.23. The second-order valence-electron chi connectivity index (χ2n) is 5.22. The number of nitrogens with zero attached hydrogens (tertiary/aromatic N) is 1. The first-order chi connectivity index (χ1) is 9.20. The average Bonchev–Trinajstić information content (AvgIpc) is 2.45. The first kappa shape index (κ1) is 14.3. The highest BCUT2D eigenvalue weighted by molar-refractivity contribution is 5.37. The van der Waals surface area contributed by atoms with Crippen molar-refractivity contribution in [2.75, 3.05) is 39.8 Å². The van der Waals surface area contributed by atoms with Crippen molar-refractivity contribution in [3.63, 3.8) is 0 Å². The number of benzene rings is 1. The van der Waals surface area contributed by atoms with Crippen LogP contribution in [0.2, 0.25) is 0 Å². The Kier molecular flexibility index (Phi) is 5.19. The van der Waals surface area contributed by atoms with Gasteiger partial charge in [-0.25, -0.2) is 0 Å². The van der Waals surface area contributed by atoms with Crippen molar-refractivity contribution in [1.82, 2.24) is 10.2 Å². The summed E-state index contributed by atoms with van der Waals surface area (Å²) in [5.41, 5.74) is 8.64. The van der Waals surface area contributed by atoms with E-state index in [9.17, 15) is 0 Å². The van der Waals surface area contributed by atoms with E-state index in [1.54, 1.807) is 7.11 Å². The first-order valence-electron chi connectivity index (χ1n) is 7.04. The molecule has 1 heterocycles. The van der Waals surface area contributed by atoms with E-state index in [4.69, 9.17) is 10.5 Å². The number of methoxy groups -OCH3 is 1. The molecular weight excluding hydrogens is 238 g/mol. The highest BCUT2D eigenvalue weighted by atomic mass is 16.5. The molecule has 2 rings (SSSR count). The SMILES string of the molecule is COc1ccc(C(N)CCN2CCNCC2)cc1C. The molecular formula is C15H25N3O. The molecule has 0 aromatic heterocycles. The Labute approximate surface area is 115 Å². The van der Waals surface area contributed by atoms with Gasteiger partial charge in [0, 0.05) is 38.8 Å². The Bertz CT molecular complexity index is 402. The summed E-state index contributed by atoms with van der Waals surface area (Å²) in [5, 5.41) is 3.37. The van der Waals surface area contributed by atoms with E-state index in [2.05, 4.69) is 29.3 Å². The molecule has 1 aromatic rings. The van der Waals surface area contributed by atoms with Gasteiger partial charge in [-0.1, -0.05) is 12.1 Å². The van der Waals surface area contributed by atoms with Gasteiger partial charge < -0.3 is 20.7 Å². The van der Waals surface area contributed by atoms with Crippen LogP contribution in [0.5, 0.6) is 5.75 Å². The third-order valence-electron chi connectivity index (χ3n) is 3.81. The van der Waals surface area contributed by atoms with Crippen LogP contribution >= 0.6 is 0 Å². The van der Waals surface area contributed by atoms with Gasteiger partial charge in [0.15, 0.2) is 0 Å². The van der Waals surface area contributed by atoms with E-state index in [1.807, 2.05) is 6.07 Å². The normalized spacial score (nSPS) is 18.3. The lowest BCUT2D eigenvalue weighted by Gasteiger charge is -2.28. The summed E-state index contributed by atoms with van der Waals surface area (Å²) in [6.45, 7) is 7.59. The van der Waals surface area contributed by atoms with Gasteiger partial charge in [0.2, 0.25) is 0 Å². The molecule has 106 valence electrons. The molecule has 0 radical (unpaired) electrons. The van der Waals surface area contributed by atoms with Gasteiger partial charge >= 0.3 is 0 Å². The maximum atomic E-state index is 6.29. The van der Waals surface area contributed by atoms with E-state index < -0.39 is 0 Å². The Morgan fingerprint density at radius 1 is 1.37 bits per heavy atom. The molecule has 1 aliphatic heterocycles. The zero-order valence-corrected chi connectivity index (χ0v) is 12.0. The van der Waals surface area contributed by atoms with Crippen LogP contribution in [0.4, 0.5) is 0 Å². The van der Waals surface area contributed by atoms with Crippen molar-refractivity contribution < 1.29 is 4.74 Å². The molecule has 0 saturated carbocycles. The van der Waals surface area contributed by atoms with Gasteiger partial charge in [-0.05, 0) is 30.5 Å². The van der Waals surface area contributed by atoms with E-state index >= 15 is 0 Å². The molecule has 0 bridgehead atoms. The van der Waals surface area contributed by atoms with Gasteiger partial charge in [0.05, 0.1) is 7.11 Å². The van der Waals surface area contributed by atoms with Gasteiger partial charge in [-0.2, -0.15) is 0 Å². The summed E-state index contributed by atoms with van der Waals surface area (Å²) in [4.78, 5) is 2.48. The Hall–Kier alpha value is -1.10. The number of piperazine rings is 1. The minimum Gasteiger partial charge on any atom is -0.496 e. The third kappa shape index (κ3) is 3.93. The van der Waals surface area contributed by atoms with Gasteiger partial charge in [-0.3, -0.25) is 0 Å². The quantitative estimate of drug-likeness (QED) is 0.841. The standard InChI is InChI=1S/C15H25N3O/c1-12-11-13(3-4-15(12)19-2)14(16)5-8-18-9-6-17-7-10-18/h3-4,11,14,17H,5-10,16H2,1-2H3. The van der Waals surface area contributed by atoms with E-state index in [0.29, 0.717) is 0 Å². The van der Waals surface area contributed by atoms with Crippen molar-refractivity contribution in [3.05, 3.63) is 29.3 Å². The molecule has 19 heavy (non-hydrogen) atoms. The number of nitrogens with one attached hydrogen (secondary N) is 1. The third-order valence-corrected chi connectivity index (χ3v) is 3.81. The van der Waals surface area contributed by atoms with Crippen LogP contribution in [-0.2, 0) is 0 Å². The fourth-order valence-corrected chi connectivity index (χ4v) is 2.56. The Morgan fingerprint density at radius 3 is 2.74 bits per heavy atom. The number of ether oxygens (including phenoxy) is 1. The zero-order chi connectivity index (χ0) is 13.7. The fraction of sp³-hybridized carbons (Fsp3) is 0.600. The minimum atomic E-state index is 0.111. The van der Waals surface area contributed by atoms with Crippen LogP contribution < -0.4 is 15.8 Å². The predicted octanol–water partition coefficient (Wildman–Crippen LogP) is 1.30. The molecule has 1 aliphatic rings. The first-order valence-corrected chi connectivity index (χ1v) is 7.04. The second kappa shape index (κ2) is 6.89. The minimum absolute atomic E-state index is 0.111. The van der Waals surface area contributed by atoms with Gasteiger partial charge in [0.1, 0.15) is 5.75 Å². The summed E-state index contributed by atoms with van der Waals surface area (Å²) in [6, 6.07) is 6.34. The smallest absolute Gasteiger partial charge is 0.121 e. The van der Waals surface area contributed by atoms with E-state index in [1.165, 1.54) is 5.56 Å². The lowest BCUT2D eigenvalue weighted by Crippen LogP contribution is -2.44. The fourth-order valence-electron chi connectivity index (χ4n) is 2.56. The zero-order valence-electron chi connectivity index (χ0n) is 12.0. The lowest BCUT2D eigenvalue weighted by atomic mass is 10.0. The molecule has 4 heteroatoms. The van der Waals surface area contributed by atoms with Crippen LogP contribution in [-0.4, -0.2) is 44.7 Å². The van der Waals surface area contributed by atoms with Crippen LogP contribution in [0, 0.1) is 6.92 Å². The number of aryl methyl sites for hydroxylation is 1. The topological polar surface area (TPSA) is 50.5 Å². The van der Waals surface area contributed by atoms with Crippen molar-refractivity contribution in [2.45, 2.75) is 19.4 Å². The highest BCUT2D eigenvalue weighted by Gasteiger charge is 2.13. The molecule has 0 spiro atoms. The summed E-state index contributed by atoms with van der Waals surface area (Å²) >= 11 is 0. The molecule has 0 aliphatic carbocycles. The number of nitrogens with two attached hydrogens (primary N) is 1. The van der Waals surface area contributed by atoms with Crippen molar-refractivity contribution >= 4 is 0 Å². The molecule has 4 nitrogen and oxygen atoms in total. The predicted molar refractivity (Wildman–Crippen MR) is 78.6 cm³/mol. The second-order valence-corrected chi connectivity index (χ2v) is 5.22. The molecule has 1 fully saturated rings. The van der Waals surface area contributed by atoms with Crippen LogP contribution in [0.15, 0.2) is 18.2 Å². The molecule has 1 atom stereocenters. The van der Waals surface area contributed by atoms with E-state index in [-0.39, 0.29) is 6.04 Å². The molecule has 1 unspecified atom stereocenters. The molecule has 0 amide bonds. The van der Waals surface area contributed by atoms with Gasteiger partial charge in [0.25, 0.3) is 0 Å². The molecule has 3 N–H and O–H groups in total. The Balaban J connectivity index is 1.88. The average molecular weight is 263 g/mol. The van der Waals surface area contributed by atoms with E-state index in [0.717, 1.165) is 50.5 Å². The lowest BCUT2D eigenvalue weighted by molar-refractivity contribution is 0.233. The summed E-state index contributed by atoms with van der Waals surface area (Å²) in [7, 11) is 1.70. The monoisotopic (exact) mass is 263 g/mol. The summed E-state index contributed by atoms with van der Waals surface area (Å²) in [6.07, 6.45) is 1.01. The summed E-state index contributed by atoms with van der Waals surface area (Å²) in [5.74, 6) is 0.929. The maximum absolute atomic E-state index is 6.29. The van der Waals surface area contributed by atoms with Crippen molar-refractivity contribution in [1.29, 1.82) is 0 Å². The number of hydrogen-bond acceptors (Lipinski definition) is 4. The van der Waals surface area contributed by atoms with Crippen LogP contribution in [0.3, 0.4) is 0 Å². The van der Waals surface area contributed by atoms with Crippen molar-refractivity contribution in [3.8, 4) is 5.75 Å². The maximum Gasteiger partial charge on any atom is 0.121 e.